The zero-order valence-corrected chi connectivity index (χ0v) is 6.43. The Bertz CT molecular complexity index is 126. The van der Waals surface area contributed by atoms with Gasteiger partial charge in [0.25, 0.3) is 0 Å². The Morgan fingerprint density at radius 1 is 1.44 bits per heavy atom. The van der Waals surface area contributed by atoms with Crippen molar-refractivity contribution >= 4 is 11.6 Å². The lowest BCUT2D eigenvalue weighted by Gasteiger charge is -2.14. The lowest BCUT2D eigenvalue weighted by Crippen LogP contribution is -2.25. The fourth-order valence-corrected chi connectivity index (χ4v) is 2.69. The summed E-state index contributed by atoms with van der Waals surface area (Å²) in [6, 6.07) is 1.52. The van der Waals surface area contributed by atoms with Crippen molar-refractivity contribution in [2.75, 3.05) is 7.05 Å². The van der Waals surface area contributed by atoms with Gasteiger partial charge in [0.2, 0.25) is 0 Å². The highest BCUT2D eigenvalue weighted by Gasteiger charge is 2.42. The minimum absolute atomic E-state index is 0.453. The zero-order valence-electron chi connectivity index (χ0n) is 5.68. The number of nitrogens with zero attached hydrogens (tertiary/aromatic N) is 1. The van der Waals surface area contributed by atoms with Crippen molar-refractivity contribution in [3.8, 4) is 0 Å². The number of fused-ring (bicyclic) bond motifs is 2. The number of hydrogen-bond acceptors (Lipinski definition) is 1. The lowest BCUT2D eigenvalue weighted by atomic mass is 10.0. The van der Waals surface area contributed by atoms with Crippen LogP contribution in [0.4, 0.5) is 0 Å². The number of hydrogen-bond donors (Lipinski definition) is 0. The number of halogens is 1. The summed E-state index contributed by atoms with van der Waals surface area (Å²) in [5, 5.41) is 0.453. The van der Waals surface area contributed by atoms with Crippen molar-refractivity contribution in [3.63, 3.8) is 0 Å². The molecule has 0 amide bonds. The van der Waals surface area contributed by atoms with Crippen LogP contribution in [0.25, 0.3) is 0 Å². The predicted octanol–water partition coefficient (Wildman–Crippen LogP) is 1.46. The van der Waals surface area contributed by atoms with E-state index in [0.717, 1.165) is 6.04 Å². The van der Waals surface area contributed by atoms with Crippen molar-refractivity contribution in [1.82, 2.24) is 4.90 Å². The van der Waals surface area contributed by atoms with Gasteiger partial charge in [0.15, 0.2) is 0 Å². The van der Waals surface area contributed by atoms with Crippen LogP contribution in [-0.2, 0) is 0 Å². The van der Waals surface area contributed by atoms with Crippen molar-refractivity contribution in [2.24, 2.45) is 0 Å². The summed E-state index contributed by atoms with van der Waals surface area (Å²) < 4.78 is 0. The first-order valence-electron chi connectivity index (χ1n) is 3.65. The predicted molar refractivity (Wildman–Crippen MR) is 38.8 cm³/mol. The van der Waals surface area contributed by atoms with Crippen LogP contribution in [0.5, 0.6) is 0 Å². The molecule has 0 aromatic heterocycles. The summed E-state index contributed by atoms with van der Waals surface area (Å²) in [5.74, 6) is 0. The minimum Gasteiger partial charge on any atom is -0.299 e. The van der Waals surface area contributed by atoms with Crippen LogP contribution in [0.1, 0.15) is 19.3 Å². The molecule has 2 rings (SSSR count). The van der Waals surface area contributed by atoms with E-state index < -0.39 is 0 Å². The van der Waals surface area contributed by atoms with Gasteiger partial charge in [-0.1, -0.05) is 0 Å². The zero-order chi connectivity index (χ0) is 6.43. The average Bonchev–Trinajstić information content (AvgIpc) is 2.25. The number of rotatable bonds is 0. The van der Waals surface area contributed by atoms with Gasteiger partial charge in [0.1, 0.15) is 0 Å². The van der Waals surface area contributed by atoms with Crippen molar-refractivity contribution in [1.29, 1.82) is 0 Å². The van der Waals surface area contributed by atoms with E-state index in [1.165, 1.54) is 19.3 Å². The molecule has 0 N–H and O–H groups in total. The van der Waals surface area contributed by atoms with Gasteiger partial charge < -0.3 is 0 Å². The molecule has 0 saturated carbocycles. The van der Waals surface area contributed by atoms with E-state index in [1.54, 1.807) is 0 Å². The van der Waals surface area contributed by atoms with Gasteiger partial charge in [-0.05, 0) is 26.3 Å². The van der Waals surface area contributed by atoms with Crippen LogP contribution in [0.2, 0.25) is 0 Å². The molecule has 0 spiro atoms. The van der Waals surface area contributed by atoms with Gasteiger partial charge in [-0.3, -0.25) is 4.90 Å². The third-order valence-corrected chi connectivity index (χ3v) is 3.28. The molecule has 0 radical (unpaired) electrons. The summed E-state index contributed by atoms with van der Waals surface area (Å²) in [6.45, 7) is 0. The molecule has 0 aliphatic carbocycles. The molecule has 9 heavy (non-hydrogen) atoms. The Balaban J connectivity index is 2.16. The molecular weight excluding hydrogens is 134 g/mol. The summed E-state index contributed by atoms with van der Waals surface area (Å²) in [4.78, 5) is 2.44. The summed E-state index contributed by atoms with van der Waals surface area (Å²) in [5.41, 5.74) is 0. The summed E-state index contributed by atoms with van der Waals surface area (Å²) in [7, 11) is 2.20. The second-order valence-electron chi connectivity index (χ2n) is 3.22. The maximum absolute atomic E-state index is 6.06. The van der Waals surface area contributed by atoms with E-state index in [1.807, 2.05) is 0 Å². The Kier molecular flexibility index (Phi) is 1.24. The largest absolute Gasteiger partial charge is 0.299 e. The molecule has 2 aliphatic heterocycles. The first-order valence-corrected chi connectivity index (χ1v) is 4.08. The second-order valence-corrected chi connectivity index (χ2v) is 3.78. The molecule has 1 nitrogen and oxygen atoms in total. The van der Waals surface area contributed by atoms with Gasteiger partial charge >= 0.3 is 0 Å². The fourth-order valence-electron chi connectivity index (χ4n) is 2.18. The first-order chi connectivity index (χ1) is 4.29. The molecule has 2 saturated heterocycles. The quantitative estimate of drug-likeness (QED) is 0.467. The highest BCUT2D eigenvalue weighted by molar-refractivity contribution is 6.21. The minimum atomic E-state index is 0.453. The van der Waals surface area contributed by atoms with E-state index in [-0.39, 0.29) is 0 Å². The van der Waals surface area contributed by atoms with E-state index >= 15 is 0 Å². The standard InChI is InChI=1S/C7H12ClN/c1-9-5-2-3-7(9)6(8)4-5/h5-7H,2-4H2,1H3/t5-,6-,7+/m0/s1. The average molecular weight is 146 g/mol. The molecule has 2 heterocycles. The topological polar surface area (TPSA) is 3.24 Å². The van der Waals surface area contributed by atoms with Crippen LogP contribution in [0.15, 0.2) is 0 Å². The molecule has 0 unspecified atom stereocenters. The van der Waals surface area contributed by atoms with E-state index in [4.69, 9.17) is 11.6 Å². The Hall–Kier alpha value is 0.250. The van der Waals surface area contributed by atoms with Crippen molar-refractivity contribution < 1.29 is 0 Å². The molecule has 52 valence electrons. The summed E-state index contributed by atoms with van der Waals surface area (Å²) >= 11 is 6.06. The highest BCUT2D eigenvalue weighted by atomic mass is 35.5. The Labute approximate surface area is 61.0 Å². The summed E-state index contributed by atoms with van der Waals surface area (Å²) in [6.07, 6.45) is 3.93. The van der Waals surface area contributed by atoms with E-state index in [2.05, 4.69) is 11.9 Å². The molecular formula is C7H12ClN. The molecule has 2 fully saturated rings. The number of alkyl halides is 1. The van der Waals surface area contributed by atoms with Crippen LogP contribution in [0, 0.1) is 0 Å². The van der Waals surface area contributed by atoms with Crippen LogP contribution < -0.4 is 0 Å². The molecule has 2 aliphatic rings. The molecule has 0 aromatic rings. The third kappa shape index (κ3) is 0.714. The maximum Gasteiger partial charge on any atom is 0.0506 e. The monoisotopic (exact) mass is 145 g/mol. The lowest BCUT2D eigenvalue weighted by molar-refractivity contribution is 0.314. The van der Waals surface area contributed by atoms with Crippen molar-refractivity contribution in [3.05, 3.63) is 0 Å². The molecule has 2 heteroatoms. The Morgan fingerprint density at radius 3 is 2.44 bits per heavy atom. The smallest absolute Gasteiger partial charge is 0.0506 e. The van der Waals surface area contributed by atoms with Crippen LogP contribution in [-0.4, -0.2) is 29.4 Å². The normalized spacial score (nSPS) is 50.7. The van der Waals surface area contributed by atoms with Gasteiger partial charge in [-0.25, -0.2) is 0 Å². The van der Waals surface area contributed by atoms with E-state index in [0.29, 0.717) is 11.4 Å². The molecule has 3 atom stereocenters. The van der Waals surface area contributed by atoms with Gasteiger partial charge in [0.05, 0.1) is 5.38 Å². The van der Waals surface area contributed by atoms with Crippen LogP contribution >= 0.6 is 11.6 Å². The molecule has 0 aromatic carbocycles. The van der Waals surface area contributed by atoms with Gasteiger partial charge in [-0.2, -0.15) is 0 Å². The third-order valence-electron chi connectivity index (χ3n) is 2.81. The fraction of sp³-hybridized carbons (Fsp3) is 1.00. The molecule has 2 bridgehead atoms. The van der Waals surface area contributed by atoms with Crippen LogP contribution in [0.3, 0.4) is 0 Å². The van der Waals surface area contributed by atoms with E-state index in [9.17, 15) is 0 Å². The maximum atomic E-state index is 6.06. The SMILES string of the molecule is CN1[C@H]2CC[C@@H]1[C@@H](Cl)C2. The van der Waals surface area contributed by atoms with Gasteiger partial charge in [-0.15, -0.1) is 11.6 Å². The van der Waals surface area contributed by atoms with Crippen molar-refractivity contribution in [2.45, 2.75) is 36.7 Å². The second kappa shape index (κ2) is 1.86. The Morgan fingerprint density at radius 2 is 2.22 bits per heavy atom. The highest BCUT2D eigenvalue weighted by Crippen LogP contribution is 2.38. The van der Waals surface area contributed by atoms with Gasteiger partial charge in [0, 0.05) is 12.1 Å². The first kappa shape index (κ1) is 5.99.